The van der Waals surface area contributed by atoms with Gasteiger partial charge in [0, 0.05) is 0 Å². The van der Waals surface area contributed by atoms with Crippen LogP contribution >= 0.6 is 0 Å². The van der Waals surface area contributed by atoms with Crippen molar-refractivity contribution in [1.29, 1.82) is 0 Å². The Kier molecular flexibility index (Phi) is 5.11. The molecule has 0 saturated heterocycles. The summed E-state index contributed by atoms with van der Waals surface area (Å²) in [6.07, 6.45) is 8.25. The zero-order valence-electron chi connectivity index (χ0n) is 15.5. The summed E-state index contributed by atoms with van der Waals surface area (Å²) >= 11 is 0. The monoisotopic (exact) mass is 364 g/mol. The lowest BCUT2D eigenvalue weighted by Crippen LogP contribution is -2.34. The van der Waals surface area contributed by atoms with Crippen molar-refractivity contribution in [3.8, 4) is 0 Å². The van der Waals surface area contributed by atoms with Gasteiger partial charge in [0.1, 0.15) is 0 Å². The summed E-state index contributed by atoms with van der Waals surface area (Å²) < 4.78 is 0. The average Bonchev–Trinajstić information content (AvgIpc) is 2.71. The van der Waals surface area contributed by atoms with E-state index in [1.165, 1.54) is 5.39 Å². The minimum Gasteiger partial charge on any atom is -0.423 e. The topological polar surface area (TPSA) is 40.5 Å². The van der Waals surface area contributed by atoms with Gasteiger partial charge in [-0.3, -0.25) is 0 Å². The predicted molar refractivity (Wildman–Crippen MR) is 118 cm³/mol. The Hall–Kier alpha value is -3.14. The molecule has 1 aliphatic rings. The fourth-order valence-electron chi connectivity index (χ4n) is 3.72. The van der Waals surface area contributed by atoms with Crippen LogP contribution in [-0.2, 0) is 0 Å². The largest absolute Gasteiger partial charge is 0.485 e. The van der Waals surface area contributed by atoms with Crippen molar-refractivity contribution in [2.24, 2.45) is 0 Å². The van der Waals surface area contributed by atoms with Crippen LogP contribution in [0.4, 0.5) is 0 Å². The van der Waals surface area contributed by atoms with Gasteiger partial charge < -0.3 is 10.0 Å². The number of allylic oxidation sites excluding steroid dienone is 5. The van der Waals surface area contributed by atoms with E-state index in [0.29, 0.717) is 11.9 Å². The number of rotatable bonds is 2. The van der Waals surface area contributed by atoms with Crippen molar-refractivity contribution < 1.29 is 10.0 Å². The highest BCUT2D eigenvalue weighted by Gasteiger charge is 2.16. The van der Waals surface area contributed by atoms with Crippen LogP contribution in [0.15, 0.2) is 103 Å². The number of hydrogen-bond donors (Lipinski definition) is 2. The lowest BCUT2D eigenvalue weighted by atomic mass is 9.75. The summed E-state index contributed by atoms with van der Waals surface area (Å²) in [5.41, 5.74) is 3.50. The van der Waals surface area contributed by atoms with Gasteiger partial charge in [0.05, 0.1) is 0 Å². The number of benzene rings is 3. The second-order valence-corrected chi connectivity index (χ2v) is 6.90. The number of fused-ring (bicyclic) bond motifs is 2. The van der Waals surface area contributed by atoms with E-state index in [9.17, 15) is 10.0 Å². The van der Waals surface area contributed by atoms with Crippen LogP contribution in [0.5, 0.6) is 0 Å². The Bertz CT molecular complexity index is 1230. The highest BCUT2D eigenvalue weighted by atomic mass is 16.4. The highest BCUT2D eigenvalue weighted by molar-refractivity contribution is 6.63. The van der Waals surface area contributed by atoms with Gasteiger partial charge in [0.15, 0.2) is 0 Å². The summed E-state index contributed by atoms with van der Waals surface area (Å²) in [5, 5.41) is 24.1. The maximum absolute atomic E-state index is 10.0. The van der Waals surface area contributed by atoms with E-state index in [-0.39, 0.29) is 0 Å². The zero-order valence-corrected chi connectivity index (χ0v) is 15.5. The van der Waals surface area contributed by atoms with E-state index >= 15 is 0 Å². The summed E-state index contributed by atoms with van der Waals surface area (Å²) in [7, 11) is -1.51. The Morgan fingerprint density at radius 3 is 2.29 bits per heavy atom. The Balaban J connectivity index is 2.14. The molecule has 0 saturated carbocycles. The first-order valence-electron chi connectivity index (χ1n) is 9.35. The Morgan fingerprint density at radius 2 is 1.50 bits per heavy atom. The van der Waals surface area contributed by atoms with Gasteiger partial charge in [-0.25, -0.2) is 0 Å². The van der Waals surface area contributed by atoms with Crippen molar-refractivity contribution in [2.45, 2.75) is 6.42 Å². The standard InChI is InChI=1S/C25H21BO2/c1-18-9-3-2-4-14-24(26(27)28)22-12-7-8-13-23(22)25(18)21-16-15-19-10-5-6-11-20(19)17-21/h2-13,15-17,27-28H,1,14H2/b4-2-,9-3-,24-22+,25-23?. The predicted octanol–water partition coefficient (Wildman–Crippen LogP) is 3.27. The van der Waals surface area contributed by atoms with Crippen molar-refractivity contribution in [3.63, 3.8) is 0 Å². The van der Waals surface area contributed by atoms with Crippen molar-refractivity contribution in [1.82, 2.24) is 0 Å². The molecule has 0 heterocycles. The molecule has 3 heteroatoms. The summed E-state index contributed by atoms with van der Waals surface area (Å²) in [6.45, 7) is 4.30. The zero-order chi connectivity index (χ0) is 19.5. The fourth-order valence-corrected chi connectivity index (χ4v) is 3.72. The smallest absolute Gasteiger partial charge is 0.423 e. The van der Waals surface area contributed by atoms with Gasteiger partial charge >= 0.3 is 7.12 Å². The molecule has 0 fully saturated rings. The molecule has 0 aromatic heterocycles. The summed E-state index contributed by atoms with van der Waals surface area (Å²) in [4.78, 5) is 0. The molecule has 0 bridgehead atoms. The van der Waals surface area contributed by atoms with Crippen molar-refractivity contribution in [2.75, 3.05) is 0 Å². The maximum Gasteiger partial charge on any atom is 0.485 e. The average molecular weight is 364 g/mol. The van der Waals surface area contributed by atoms with Gasteiger partial charge in [-0.2, -0.15) is 0 Å². The van der Waals surface area contributed by atoms with Crippen LogP contribution in [0, 0.1) is 0 Å². The van der Waals surface area contributed by atoms with Crippen molar-refractivity contribution in [3.05, 3.63) is 119 Å². The van der Waals surface area contributed by atoms with E-state index < -0.39 is 7.12 Å². The quantitative estimate of drug-likeness (QED) is 0.686. The van der Waals surface area contributed by atoms with Gasteiger partial charge in [0.2, 0.25) is 0 Å². The first kappa shape index (κ1) is 18.2. The van der Waals surface area contributed by atoms with E-state index in [2.05, 4.69) is 36.9 Å². The van der Waals surface area contributed by atoms with Gasteiger partial charge in [-0.05, 0) is 55.9 Å². The van der Waals surface area contributed by atoms with Crippen LogP contribution in [0.25, 0.3) is 21.8 Å². The van der Waals surface area contributed by atoms with Crippen LogP contribution < -0.4 is 10.4 Å². The summed E-state index contributed by atoms with van der Waals surface area (Å²) in [6, 6.07) is 22.5. The molecule has 1 aliphatic carbocycles. The molecule has 0 atom stereocenters. The van der Waals surface area contributed by atoms with E-state index in [1.807, 2.05) is 60.7 Å². The van der Waals surface area contributed by atoms with E-state index in [1.54, 1.807) is 0 Å². The van der Waals surface area contributed by atoms with E-state index in [0.717, 1.165) is 32.5 Å². The molecule has 0 amide bonds. The first-order chi connectivity index (χ1) is 13.6. The molecule has 2 N–H and O–H groups in total. The molecule has 3 aromatic carbocycles. The van der Waals surface area contributed by atoms with Gasteiger partial charge in [0.25, 0.3) is 0 Å². The third-order valence-corrected chi connectivity index (χ3v) is 5.10. The fraction of sp³-hybridized carbons (Fsp3) is 0.0400. The first-order valence-corrected chi connectivity index (χ1v) is 9.35. The van der Waals surface area contributed by atoms with Crippen LogP contribution in [-0.4, -0.2) is 17.2 Å². The minimum atomic E-state index is -1.51. The molecule has 0 spiro atoms. The second-order valence-electron chi connectivity index (χ2n) is 6.90. The third-order valence-electron chi connectivity index (χ3n) is 5.10. The molecule has 4 rings (SSSR count). The highest BCUT2D eigenvalue weighted by Crippen LogP contribution is 2.24. The molecule has 2 nitrogen and oxygen atoms in total. The van der Waals surface area contributed by atoms with Crippen LogP contribution in [0.1, 0.15) is 12.0 Å². The van der Waals surface area contributed by atoms with Gasteiger partial charge in [-0.15, -0.1) is 0 Å². The lowest BCUT2D eigenvalue weighted by molar-refractivity contribution is 0.425. The Morgan fingerprint density at radius 1 is 0.786 bits per heavy atom. The molecule has 0 aliphatic heterocycles. The number of hydrogen-bond acceptors (Lipinski definition) is 2. The molecule has 0 unspecified atom stereocenters. The SMILES string of the molecule is C=C1/C=C\C=C/C/C(B(O)O)=c2/ccccc2=C1c1ccc2ccccc2c1. The normalized spacial score (nSPS) is 18.5. The lowest BCUT2D eigenvalue weighted by Gasteiger charge is -2.13. The van der Waals surface area contributed by atoms with E-state index in [4.69, 9.17) is 0 Å². The molecular formula is C25H21BO2. The molecule has 28 heavy (non-hydrogen) atoms. The molecule has 136 valence electrons. The summed E-state index contributed by atoms with van der Waals surface area (Å²) in [5.74, 6) is 0. The third kappa shape index (κ3) is 3.50. The molecule has 3 aromatic rings. The Labute approximate surface area is 164 Å². The van der Waals surface area contributed by atoms with Crippen LogP contribution in [0.3, 0.4) is 0 Å². The van der Waals surface area contributed by atoms with Crippen LogP contribution in [0.2, 0.25) is 0 Å². The van der Waals surface area contributed by atoms with Crippen molar-refractivity contribution >= 4 is 28.9 Å². The molecule has 0 radical (unpaired) electrons. The maximum atomic E-state index is 10.0. The molecular weight excluding hydrogens is 343 g/mol. The minimum absolute atomic E-state index is 0.469. The second kappa shape index (κ2) is 7.85. The van der Waals surface area contributed by atoms with Gasteiger partial charge in [-0.1, -0.05) is 91.5 Å².